The zero-order valence-corrected chi connectivity index (χ0v) is 11.2. The lowest BCUT2D eigenvalue weighted by atomic mass is 10.2. The summed E-state index contributed by atoms with van der Waals surface area (Å²) in [6.45, 7) is 0. The highest BCUT2D eigenvalue weighted by Crippen LogP contribution is 2.31. The Kier molecular flexibility index (Phi) is 2.81. The van der Waals surface area contributed by atoms with Crippen molar-refractivity contribution in [2.24, 2.45) is 0 Å². The van der Waals surface area contributed by atoms with Crippen LogP contribution in [-0.2, 0) is 5.33 Å². The van der Waals surface area contributed by atoms with Crippen LogP contribution in [0.2, 0.25) is 0 Å². The van der Waals surface area contributed by atoms with E-state index in [1.165, 1.54) is 0 Å². The Balaban J connectivity index is 2.75. The fourth-order valence-corrected chi connectivity index (χ4v) is 2.81. The minimum absolute atomic E-state index is 0.742. The molecule has 0 unspecified atom stereocenters. The second-order valence-corrected chi connectivity index (χ2v) is 4.98. The smallest absolute Gasteiger partial charge is 0.148 e. The quantitative estimate of drug-likeness (QED) is 0.656. The Hall–Kier alpha value is 0.200. The molecule has 0 atom stereocenters. The fourth-order valence-electron chi connectivity index (χ4n) is 1.20. The molecule has 0 radical (unpaired) electrons. The van der Waals surface area contributed by atoms with Crippen molar-refractivity contribution in [2.45, 2.75) is 5.33 Å². The first kappa shape index (κ1) is 9.74. The van der Waals surface area contributed by atoms with Crippen LogP contribution in [0.1, 0.15) is 5.76 Å². The molecule has 1 nitrogen and oxygen atoms in total. The van der Waals surface area contributed by atoms with Crippen LogP contribution in [0.3, 0.4) is 0 Å². The van der Waals surface area contributed by atoms with Crippen molar-refractivity contribution in [1.82, 2.24) is 0 Å². The predicted molar refractivity (Wildman–Crippen MR) is 64.2 cm³/mol. The lowest BCUT2D eigenvalue weighted by Gasteiger charge is -1.93. The summed E-state index contributed by atoms with van der Waals surface area (Å²) < 4.78 is 7.61. The number of alkyl halides is 1. The molecule has 0 aliphatic carbocycles. The van der Waals surface area contributed by atoms with Gasteiger partial charge in [0.05, 0.1) is 9.80 Å². The predicted octanol–water partition coefficient (Wildman–Crippen LogP) is 4.85. The summed E-state index contributed by atoms with van der Waals surface area (Å²) in [4.78, 5) is 0. The van der Waals surface area contributed by atoms with Gasteiger partial charge in [-0.3, -0.25) is 0 Å². The molecule has 0 saturated heterocycles. The summed E-state index contributed by atoms with van der Waals surface area (Å²) in [5.41, 5.74) is 0.901. The largest absolute Gasteiger partial charge is 0.459 e. The molecule has 13 heavy (non-hydrogen) atoms. The van der Waals surface area contributed by atoms with Crippen LogP contribution >= 0.6 is 47.8 Å². The Morgan fingerprint density at radius 3 is 2.62 bits per heavy atom. The van der Waals surface area contributed by atoms with E-state index >= 15 is 0 Å². The molecule has 2 rings (SSSR count). The SMILES string of the molecule is BrCc1cc2cc(Br)cc(Br)c2o1. The molecule has 0 fully saturated rings. The summed E-state index contributed by atoms with van der Waals surface area (Å²) in [6, 6.07) is 6.04. The summed E-state index contributed by atoms with van der Waals surface area (Å²) in [5, 5.41) is 1.85. The van der Waals surface area contributed by atoms with E-state index in [0.29, 0.717) is 0 Å². The van der Waals surface area contributed by atoms with Crippen LogP contribution in [0.5, 0.6) is 0 Å². The minimum Gasteiger partial charge on any atom is -0.459 e. The first-order valence-electron chi connectivity index (χ1n) is 3.64. The zero-order chi connectivity index (χ0) is 9.42. The average Bonchev–Trinajstić information content (AvgIpc) is 2.47. The highest BCUT2D eigenvalue weighted by molar-refractivity contribution is 9.11. The lowest BCUT2D eigenvalue weighted by Crippen LogP contribution is -1.68. The van der Waals surface area contributed by atoms with E-state index in [9.17, 15) is 0 Å². The van der Waals surface area contributed by atoms with Crippen LogP contribution in [0.4, 0.5) is 0 Å². The standard InChI is InChI=1S/C9H5Br3O/c10-4-7-2-5-1-6(11)3-8(12)9(5)13-7/h1-3H,4H2. The third-order valence-corrected chi connectivity index (χ3v) is 3.32. The van der Waals surface area contributed by atoms with Crippen LogP contribution in [0.15, 0.2) is 31.6 Å². The maximum Gasteiger partial charge on any atom is 0.148 e. The molecule has 0 bridgehead atoms. The molecular weight excluding hydrogens is 364 g/mol. The molecule has 1 aromatic carbocycles. The van der Waals surface area contributed by atoms with Gasteiger partial charge in [0.2, 0.25) is 0 Å². The third kappa shape index (κ3) is 1.85. The maximum absolute atomic E-state index is 5.59. The van der Waals surface area contributed by atoms with Gasteiger partial charge in [-0.25, -0.2) is 0 Å². The van der Waals surface area contributed by atoms with Gasteiger partial charge in [-0.15, -0.1) is 0 Å². The first-order chi connectivity index (χ1) is 6.20. The van der Waals surface area contributed by atoms with Crippen LogP contribution in [0, 0.1) is 0 Å². The second-order valence-electron chi connectivity index (χ2n) is 2.65. The lowest BCUT2D eigenvalue weighted by molar-refractivity contribution is 0.574. The van der Waals surface area contributed by atoms with Crippen LogP contribution in [-0.4, -0.2) is 0 Å². The molecule has 0 spiro atoms. The fraction of sp³-hybridized carbons (Fsp3) is 0.111. The minimum atomic E-state index is 0.742. The molecule has 0 N–H and O–H groups in total. The van der Waals surface area contributed by atoms with Crippen molar-refractivity contribution in [3.63, 3.8) is 0 Å². The van der Waals surface area contributed by atoms with Gasteiger partial charge < -0.3 is 4.42 Å². The molecule has 0 saturated carbocycles. The van der Waals surface area contributed by atoms with E-state index in [1.807, 2.05) is 18.2 Å². The Morgan fingerprint density at radius 2 is 1.92 bits per heavy atom. The van der Waals surface area contributed by atoms with E-state index in [2.05, 4.69) is 47.8 Å². The second kappa shape index (κ2) is 3.75. The Bertz CT molecular complexity index is 447. The Labute approximate surface area is 101 Å². The number of hydrogen-bond donors (Lipinski definition) is 0. The highest BCUT2D eigenvalue weighted by atomic mass is 79.9. The summed E-state index contributed by atoms with van der Waals surface area (Å²) in [6.07, 6.45) is 0. The molecule has 0 amide bonds. The van der Waals surface area contributed by atoms with Crippen molar-refractivity contribution >= 4 is 58.8 Å². The molecule has 2 aromatic rings. The average molecular weight is 369 g/mol. The number of fused-ring (bicyclic) bond motifs is 1. The number of benzene rings is 1. The summed E-state index contributed by atoms with van der Waals surface area (Å²) in [5.74, 6) is 0.939. The van der Waals surface area contributed by atoms with E-state index in [0.717, 1.165) is 31.0 Å². The van der Waals surface area contributed by atoms with Gasteiger partial charge in [-0.1, -0.05) is 31.9 Å². The van der Waals surface area contributed by atoms with Gasteiger partial charge in [0.1, 0.15) is 11.3 Å². The van der Waals surface area contributed by atoms with Gasteiger partial charge in [0.25, 0.3) is 0 Å². The van der Waals surface area contributed by atoms with Gasteiger partial charge in [-0.05, 0) is 34.1 Å². The number of hydrogen-bond acceptors (Lipinski definition) is 1. The number of halogens is 3. The molecule has 68 valence electrons. The van der Waals surface area contributed by atoms with Crippen molar-refractivity contribution in [3.8, 4) is 0 Å². The van der Waals surface area contributed by atoms with Gasteiger partial charge in [0.15, 0.2) is 0 Å². The van der Waals surface area contributed by atoms with Crippen LogP contribution < -0.4 is 0 Å². The molecule has 1 aromatic heterocycles. The highest BCUT2D eigenvalue weighted by Gasteiger charge is 2.06. The van der Waals surface area contributed by atoms with Gasteiger partial charge >= 0.3 is 0 Å². The van der Waals surface area contributed by atoms with Gasteiger partial charge in [-0.2, -0.15) is 0 Å². The normalized spacial score (nSPS) is 11.0. The molecular formula is C9H5Br3O. The monoisotopic (exact) mass is 366 g/mol. The van der Waals surface area contributed by atoms with E-state index in [1.54, 1.807) is 0 Å². The summed E-state index contributed by atoms with van der Waals surface area (Å²) in [7, 11) is 0. The number of furan rings is 1. The molecule has 4 heteroatoms. The van der Waals surface area contributed by atoms with E-state index in [4.69, 9.17) is 4.42 Å². The first-order valence-corrected chi connectivity index (χ1v) is 6.35. The summed E-state index contributed by atoms with van der Waals surface area (Å²) >= 11 is 10.2. The van der Waals surface area contributed by atoms with E-state index in [-0.39, 0.29) is 0 Å². The maximum atomic E-state index is 5.59. The van der Waals surface area contributed by atoms with Crippen molar-refractivity contribution in [2.75, 3.05) is 0 Å². The zero-order valence-electron chi connectivity index (χ0n) is 6.48. The third-order valence-electron chi connectivity index (χ3n) is 1.72. The van der Waals surface area contributed by atoms with Gasteiger partial charge in [0, 0.05) is 9.86 Å². The Morgan fingerprint density at radius 1 is 1.15 bits per heavy atom. The molecule has 0 aliphatic rings. The van der Waals surface area contributed by atoms with Crippen molar-refractivity contribution in [1.29, 1.82) is 0 Å². The molecule has 0 aliphatic heterocycles. The number of rotatable bonds is 1. The topological polar surface area (TPSA) is 13.1 Å². The van der Waals surface area contributed by atoms with Crippen molar-refractivity contribution < 1.29 is 4.42 Å². The molecule has 1 heterocycles. The van der Waals surface area contributed by atoms with Crippen molar-refractivity contribution in [3.05, 3.63) is 32.9 Å². The van der Waals surface area contributed by atoms with E-state index < -0.39 is 0 Å². The van der Waals surface area contributed by atoms with Crippen LogP contribution in [0.25, 0.3) is 11.0 Å².